The number of hydrogen-bond donors (Lipinski definition) is 0. The van der Waals surface area contributed by atoms with Gasteiger partial charge in [0.2, 0.25) is 5.90 Å². The minimum absolute atomic E-state index is 0.207. The molecule has 1 heterocycles. The van der Waals surface area contributed by atoms with E-state index in [1.165, 1.54) is 77.0 Å². The first-order valence-electron chi connectivity index (χ1n) is 13.4. The second-order valence-corrected chi connectivity index (χ2v) is 10.8. The van der Waals surface area contributed by atoms with Gasteiger partial charge in [-0.1, -0.05) is 108 Å². The number of carbonyl (C=O) groups is 1. The van der Waals surface area contributed by atoms with E-state index >= 15 is 0 Å². The molecule has 0 saturated heterocycles. The van der Waals surface area contributed by atoms with Crippen LogP contribution in [0.3, 0.4) is 0 Å². The highest BCUT2D eigenvalue weighted by Crippen LogP contribution is 2.26. The number of hydrogen-bond acceptors (Lipinski definition) is 3. The Labute approximate surface area is 207 Å². The van der Waals surface area contributed by atoms with Gasteiger partial charge >= 0.3 is 0 Å². The number of ether oxygens (including phenoxy) is 1. The van der Waals surface area contributed by atoms with Crippen molar-refractivity contribution in [1.29, 1.82) is 0 Å². The molecule has 1 aromatic rings. The van der Waals surface area contributed by atoms with Crippen LogP contribution in [0.4, 0.5) is 0 Å². The Morgan fingerprint density at radius 3 is 1.94 bits per heavy atom. The Morgan fingerprint density at radius 1 is 0.909 bits per heavy atom. The molecule has 0 aliphatic carbocycles. The summed E-state index contributed by atoms with van der Waals surface area (Å²) in [4.78, 5) is 17.0. The lowest BCUT2D eigenvalue weighted by Gasteiger charge is -2.07. The molecule has 0 fully saturated rings. The van der Waals surface area contributed by atoms with Crippen molar-refractivity contribution in [2.24, 2.45) is 4.99 Å². The van der Waals surface area contributed by atoms with Crippen molar-refractivity contribution in [3.8, 4) is 0 Å². The standard InChI is InChI=1S/C29H46ClNO2/c1-4-5-6-7-8-9-10-11-12-13-14-15-16-17-18-25(32)21-24-19-20-26(27(30)22-24)28-31-29(2,3)23-33-28/h19-20,22H,4-18,21,23H2,1-3H3. The number of Topliss-reactive ketones (excluding diaryl/α,β-unsaturated/α-hetero) is 1. The summed E-state index contributed by atoms with van der Waals surface area (Å²) in [5, 5.41) is 0.605. The van der Waals surface area contributed by atoms with Gasteiger partial charge < -0.3 is 4.74 Å². The molecule has 1 aliphatic heterocycles. The fourth-order valence-electron chi connectivity index (χ4n) is 4.40. The molecule has 0 N–H and O–H groups in total. The summed E-state index contributed by atoms with van der Waals surface area (Å²) in [5.41, 5.74) is 1.57. The van der Waals surface area contributed by atoms with Gasteiger partial charge in [0.05, 0.1) is 16.1 Å². The number of aliphatic imine (C=N–C) groups is 1. The quantitative estimate of drug-likeness (QED) is 0.199. The van der Waals surface area contributed by atoms with Crippen molar-refractivity contribution in [3.05, 3.63) is 34.3 Å². The normalized spacial score (nSPS) is 14.8. The molecule has 0 spiro atoms. The summed E-state index contributed by atoms with van der Waals surface area (Å²) in [6, 6.07) is 5.79. The fourth-order valence-corrected chi connectivity index (χ4v) is 4.68. The van der Waals surface area contributed by atoms with E-state index in [2.05, 4.69) is 11.9 Å². The third-order valence-electron chi connectivity index (χ3n) is 6.44. The van der Waals surface area contributed by atoms with E-state index in [1.807, 2.05) is 32.0 Å². The van der Waals surface area contributed by atoms with Crippen LogP contribution < -0.4 is 0 Å². The maximum Gasteiger partial charge on any atom is 0.218 e. The molecule has 0 amide bonds. The monoisotopic (exact) mass is 475 g/mol. The van der Waals surface area contributed by atoms with Crippen LogP contribution in [0.25, 0.3) is 0 Å². The van der Waals surface area contributed by atoms with Crippen LogP contribution in [0.15, 0.2) is 23.2 Å². The Bertz CT molecular complexity index is 741. The highest BCUT2D eigenvalue weighted by Gasteiger charge is 2.28. The molecular formula is C29H46ClNO2. The average molecular weight is 476 g/mol. The van der Waals surface area contributed by atoms with Crippen molar-refractivity contribution in [2.75, 3.05) is 6.61 Å². The smallest absolute Gasteiger partial charge is 0.218 e. The van der Waals surface area contributed by atoms with E-state index in [1.54, 1.807) is 0 Å². The zero-order valence-corrected chi connectivity index (χ0v) is 22.2. The van der Waals surface area contributed by atoms with Crippen LogP contribution in [0.1, 0.15) is 128 Å². The fraction of sp³-hybridized carbons (Fsp3) is 0.724. The molecule has 3 nitrogen and oxygen atoms in total. The second kappa shape index (κ2) is 15.5. The molecule has 0 bridgehead atoms. The number of benzene rings is 1. The van der Waals surface area contributed by atoms with Gasteiger partial charge in [-0.05, 0) is 38.0 Å². The Kier molecular flexibility index (Phi) is 13.1. The van der Waals surface area contributed by atoms with Crippen LogP contribution in [0, 0.1) is 0 Å². The lowest BCUT2D eigenvalue weighted by Crippen LogP contribution is -2.17. The van der Waals surface area contributed by atoms with E-state index in [0.29, 0.717) is 36.2 Å². The highest BCUT2D eigenvalue weighted by molar-refractivity contribution is 6.34. The zero-order valence-electron chi connectivity index (χ0n) is 21.4. The van der Waals surface area contributed by atoms with Crippen LogP contribution in [-0.4, -0.2) is 23.8 Å². The number of rotatable bonds is 18. The van der Waals surface area contributed by atoms with E-state index in [-0.39, 0.29) is 5.54 Å². The molecule has 2 rings (SSSR count). The SMILES string of the molecule is CCCCCCCCCCCCCCCCC(=O)Cc1ccc(C2=NC(C)(C)CO2)c(Cl)c1. The summed E-state index contributed by atoms with van der Waals surface area (Å²) in [6.45, 7) is 6.92. The van der Waals surface area contributed by atoms with Gasteiger partial charge in [-0.3, -0.25) is 4.79 Å². The minimum Gasteiger partial charge on any atom is -0.475 e. The van der Waals surface area contributed by atoms with Gasteiger partial charge in [0.15, 0.2) is 0 Å². The van der Waals surface area contributed by atoms with Crippen LogP contribution in [0.5, 0.6) is 0 Å². The lowest BCUT2D eigenvalue weighted by atomic mass is 10.0. The van der Waals surface area contributed by atoms with E-state index < -0.39 is 0 Å². The van der Waals surface area contributed by atoms with Gasteiger partial charge in [0.25, 0.3) is 0 Å². The highest BCUT2D eigenvalue weighted by atomic mass is 35.5. The summed E-state index contributed by atoms with van der Waals surface area (Å²) in [5.74, 6) is 0.902. The number of unbranched alkanes of at least 4 members (excludes halogenated alkanes) is 13. The molecule has 186 valence electrons. The van der Waals surface area contributed by atoms with Crippen molar-refractivity contribution < 1.29 is 9.53 Å². The topological polar surface area (TPSA) is 38.7 Å². The molecule has 0 radical (unpaired) electrons. The predicted molar refractivity (Wildman–Crippen MR) is 142 cm³/mol. The number of carbonyl (C=O) groups excluding carboxylic acids is 1. The van der Waals surface area contributed by atoms with Gasteiger partial charge in [-0.2, -0.15) is 0 Å². The molecule has 33 heavy (non-hydrogen) atoms. The summed E-state index contributed by atoms with van der Waals surface area (Å²) in [6.07, 6.45) is 19.8. The third-order valence-corrected chi connectivity index (χ3v) is 6.75. The minimum atomic E-state index is -0.207. The summed E-state index contributed by atoms with van der Waals surface area (Å²) >= 11 is 6.45. The first-order chi connectivity index (χ1) is 15.9. The lowest BCUT2D eigenvalue weighted by molar-refractivity contribution is -0.118. The number of halogens is 1. The first-order valence-corrected chi connectivity index (χ1v) is 13.8. The summed E-state index contributed by atoms with van der Waals surface area (Å²) < 4.78 is 5.69. The molecule has 4 heteroatoms. The van der Waals surface area contributed by atoms with Crippen molar-refractivity contribution in [2.45, 2.75) is 129 Å². The van der Waals surface area contributed by atoms with Crippen LogP contribution in [-0.2, 0) is 16.0 Å². The molecular weight excluding hydrogens is 430 g/mol. The van der Waals surface area contributed by atoms with Crippen molar-refractivity contribution in [1.82, 2.24) is 0 Å². The molecule has 0 atom stereocenters. The largest absolute Gasteiger partial charge is 0.475 e. The Hall–Kier alpha value is -1.35. The molecule has 0 unspecified atom stereocenters. The van der Waals surface area contributed by atoms with E-state index in [9.17, 15) is 4.79 Å². The van der Waals surface area contributed by atoms with Gasteiger partial charge in [-0.15, -0.1) is 0 Å². The van der Waals surface area contributed by atoms with Crippen LogP contribution in [0.2, 0.25) is 5.02 Å². The van der Waals surface area contributed by atoms with E-state index in [0.717, 1.165) is 24.0 Å². The molecule has 0 aromatic heterocycles. The molecule has 0 saturated carbocycles. The van der Waals surface area contributed by atoms with Crippen molar-refractivity contribution >= 4 is 23.3 Å². The average Bonchev–Trinajstić information content (AvgIpc) is 3.13. The molecule has 1 aliphatic rings. The third kappa shape index (κ3) is 11.6. The van der Waals surface area contributed by atoms with Gasteiger partial charge in [0.1, 0.15) is 12.4 Å². The van der Waals surface area contributed by atoms with Crippen molar-refractivity contribution in [3.63, 3.8) is 0 Å². The Balaban J connectivity index is 1.50. The van der Waals surface area contributed by atoms with Gasteiger partial charge in [0, 0.05) is 12.8 Å². The zero-order chi connectivity index (χ0) is 23.9. The second-order valence-electron chi connectivity index (χ2n) is 10.4. The maximum absolute atomic E-state index is 12.4. The number of ketones is 1. The van der Waals surface area contributed by atoms with Gasteiger partial charge in [-0.25, -0.2) is 4.99 Å². The summed E-state index contributed by atoms with van der Waals surface area (Å²) in [7, 11) is 0. The first kappa shape index (κ1) is 27.9. The number of nitrogens with zero attached hydrogens (tertiary/aromatic N) is 1. The molecule has 1 aromatic carbocycles. The predicted octanol–water partition coefficient (Wildman–Crippen LogP) is 8.88. The Morgan fingerprint density at radius 2 is 1.45 bits per heavy atom. The van der Waals surface area contributed by atoms with E-state index in [4.69, 9.17) is 16.3 Å². The van der Waals surface area contributed by atoms with Crippen LogP contribution >= 0.6 is 11.6 Å². The maximum atomic E-state index is 12.4.